The van der Waals surface area contributed by atoms with Crippen molar-refractivity contribution < 1.29 is 18.8 Å². The first-order valence-electron chi connectivity index (χ1n) is 10.4. The molecule has 0 unspecified atom stereocenters. The van der Waals surface area contributed by atoms with E-state index in [0.29, 0.717) is 28.7 Å². The van der Waals surface area contributed by atoms with Crippen molar-refractivity contribution in [2.75, 3.05) is 23.0 Å². The van der Waals surface area contributed by atoms with E-state index < -0.39 is 11.8 Å². The number of nitrogens with zero attached hydrogens (tertiary/aromatic N) is 4. The quantitative estimate of drug-likeness (QED) is 0.351. The van der Waals surface area contributed by atoms with Gasteiger partial charge in [0.05, 0.1) is 23.4 Å². The maximum Gasteiger partial charge on any atom is 0.326 e. The van der Waals surface area contributed by atoms with Crippen LogP contribution < -0.4 is 16.4 Å². The van der Waals surface area contributed by atoms with E-state index in [1.54, 1.807) is 22.9 Å². The van der Waals surface area contributed by atoms with Gasteiger partial charge in [0, 0.05) is 29.8 Å². The van der Waals surface area contributed by atoms with Crippen LogP contribution in [-0.4, -0.2) is 37.4 Å². The molecule has 1 fully saturated rings. The number of carbonyl (C=O) groups is 1. The molecule has 1 aromatic carbocycles. The van der Waals surface area contributed by atoms with Crippen LogP contribution >= 0.6 is 0 Å². The maximum atomic E-state index is 14.9. The van der Waals surface area contributed by atoms with Gasteiger partial charge in [0.1, 0.15) is 23.6 Å². The number of fused-ring (bicyclic) bond motifs is 1. The fourth-order valence-electron chi connectivity index (χ4n) is 3.76. The van der Waals surface area contributed by atoms with Crippen molar-refractivity contribution >= 4 is 34.5 Å². The van der Waals surface area contributed by atoms with Crippen LogP contribution in [0.5, 0.6) is 0 Å². The molecule has 5 N–H and O–H groups in total. The summed E-state index contributed by atoms with van der Waals surface area (Å²) >= 11 is 0. The number of amides is 2. The first-order chi connectivity index (χ1) is 15.9. The van der Waals surface area contributed by atoms with Gasteiger partial charge in [-0.2, -0.15) is 0 Å². The third-order valence-corrected chi connectivity index (χ3v) is 5.92. The van der Waals surface area contributed by atoms with Crippen molar-refractivity contribution in [2.45, 2.75) is 31.7 Å². The molecule has 3 aromatic heterocycles. The Morgan fingerprint density at radius 3 is 2.85 bits per heavy atom. The van der Waals surface area contributed by atoms with Gasteiger partial charge in [0.15, 0.2) is 0 Å². The van der Waals surface area contributed by atoms with E-state index >= 15 is 0 Å². The lowest BCUT2D eigenvalue weighted by Gasteiger charge is -2.08. The SMILES string of the molecule is CC1(c2cc(NC(=O)Nc3ccc(-c4cn(CCO)c5ncnc(N)c45)cc3F)on2)CC1. The van der Waals surface area contributed by atoms with Gasteiger partial charge in [-0.25, -0.2) is 19.2 Å². The lowest BCUT2D eigenvalue weighted by molar-refractivity contribution is 0.261. The predicted octanol–water partition coefficient (Wildman–Crippen LogP) is 3.50. The van der Waals surface area contributed by atoms with Gasteiger partial charge in [-0.15, -0.1) is 0 Å². The second kappa shape index (κ2) is 7.85. The second-order valence-corrected chi connectivity index (χ2v) is 8.33. The molecule has 11 heteroatoms. The fourth-order valence-corrected chi connectivity index (χ4v) is 3.76. The highest BCUT2D eigenvalue weighted by atomic mass is 19.1. The van der Waals surface area contributed by atoms with Crippen molar-refractivity contribution in [3.8, 4) is 11.1 Å². The molecule has 0 aliphatic heterocycles. The Kier molecular flexibility index (Phi) is 4.97. The second-order valence-electron chi connectivity index (χ2n) is 8.33. The molecule has 170 valence electrons. The number of urea groups is 1. The van der Waals surface area contributed by atoms with E-state index in [0.717, 1.165) is 18.5 Å². The van der Waals surface area contributed by atoms with Gasteiger partial charge in [-0.05, 0) is 30.5 Å². The summed E-state index contributed by atoms with van der Waals surface area (Å²) < 4.78 is 21.8. The first kappa shape index (κ1) is 20.9. The minimum Gasteiger partial charge on any atom is -0.395 e. The molecular weight excluding hydrogens is 429 g/mol. The monoisotopic (exact) mass is 451 g/mol. The van der Waals surface area contributed by atoms with Crippen molar-refractivity contribution in [2.24, 2.45) is 0 Å². The number of nitrogens with two attached hydrogens (primary N) is 1. The number of aliphatic hydroxyl groups excluding tert-OH is 1. The summed E-state index contributed by atoms with van der Waals surface area (Å²) in [5.74, 6) is -0.190. The normalized spacial score (nSPS) is 14.4. The van der Waals surface area contributed by atoms with Crippen LogP contribution in [0.3, 0.4) is 0 Å². The summed E-state index contributed by atoms with van der Waals surface area (Å²) in [6.45, 7) is 2.29. The highest BCUT2D eigenvalue weighted by molar-refractivity contribution is 6.02. The van der Waals surface area contributed by atoms with E-state index in [-0.39, 0.29) is 29.4 Å². The van der Waals surface area contributed by atoms with Crippen LogP contribution in [0.15, 0.2) is 41.3 Å². The number of nitrogen functional groups attached to an aromatic ring is 1. The molecule has 0 radical (unpaired) electrons. The number of aliphatic hydroxyl groups is 1. The molecule has 0 bridgehead atoms. The molecule has 0 saturated heterocycles. The zero-order valence-electron chi connectivity index (χ0n) is 17.8. The highest BCUT2D eigenvalue weighted by Gasteiger charge is 2.42. The molecular formula is C22H22FN7O3. The largest absolute Gasteiger partial charge is 0.395 e. The topological polar surface area (TPSA) is 144 Å². The third kappa shape index (κ3) is 3.87. The molecule has 0 spiro atoms. The summed E-state index contributed by atoms with van der Waals surface area (Å²) in [4.78, 5) is 20.6. The minimum atomic E-state index is -0.650. The molecule has 1 aliphatic rings. The Balaban J connectivity index is 1.37. The molecule has 1 aliphatic carbocycles. The summed E-state index contributed by atoms with van der Waals surface area (Å²) in [7, 11) is 0. The number of carbonyl (C=O) groups excluding carboxylic acids is 1. The van der Waals surface area contributed by atoms with Crippen molar-refractivity contribution in [1.82, 2.24) is 19.7 Å². The standard InChI is InChI=1S/C22H22FN7O3/c1-22(4-5-22)16-9-17(33-29-16)28-21(32)27-15-3-2-12(8-14(15)23)13-10-30(6-7-31)20-18(13)19(24)25-11-26-20/h2-3,8-11,31H,4-7H2,1H3,(H2,24,25,26)(H2,27,28,32). The number of nitrogens with one attached hydrogen (secondary N) is 2. The highest BCUT2D eigenvalue weighted by Crippen LogP contribution is 2.47. The van der Waals surface area contributed by atoms with E-state index in [1.165, 1.54) is 18.5 Å². The van der Waals surface area contributed by atoms with Gasteiger partial charge >= 0.3 is 6.03 Å². The van der Waals surface area contributed by atoms with Crippen molar-refractivity contribution in [3.05, 3.63) is 48.3 Å². The minimum absolute atomic E-state index is 0.00605. The Labute approximate surface area is 187 Å². The van der Waals surface area contributed by atoms with Gasteiger partial charge < -0.3 is 25.2 Å². The lowest BCUT2D eigenvalue weighted by Crippen LogP contribution is -2.19. The lowest BCUT2D eigenvalue weighted by atomic mass is 10.1. The van der Waals surface area contributed by atoms with Gasteiger partial charge in [0.2, 0.25) is 5.88 Å². The first-order valence-corrected chi connectivity index (χ1v) is 10.4. The van der Waals surface area contributed by atoms with Crippen LogP contribution in [0.2, 0.25) is 0 Å². The number of benzene rings is 1. The molecule has 33 heavy (non-hydrogen) atoms. The summed E-state index contributed by atoms with van der Waals surface area (Å²) in [5, 5.41) is 18.9. The van der Waals surface area contributed by atoms with E-state index in [1.807, 2.05) is 0 Å². The van der Waals surface area contributed by atoms with Crippen molar-refractivity contribution in [3.63, 3.8) is 0 Å². The van der Waals surface area contributed by atoms with Crippen molar-refractivity contribution in [1.29, 1.82) is 0 Å². The van der Waals surface area contributed by atoms with E-state index in [9.17, 15) is 14.3 Å². The summed E-state index contributed by atoms with van der Waals surface area (Å²) in [5.41, 5.74) is 8.53. The number of aromatic nitrogens is 4. The number of hydrogen-bond acceptors (Lipinski definition) is 7. The molecule has 1 saturated carbocycles. The molecule has 5 rings (SSSR count). The van der Waals surface area contributed by atoms with Gasteiger partial charge in [0.25, 0.3) is 0 Å². The van der Waals surface area contributed by atoms with Crippen LogP contribution in [-0.2, 0) is 12.0 Å². The average molecular weight is 451 g/mol. The summed E-state index contributed by atoms with van der Waals surface area (Å²) in [6.07, 6.45) is 5.13. The molecule has 3 heterocycles. The van der Waals surface area contributed by atoms with E-state index in [4.69, 9.17) is 10.3 Å². The Bertz CT molecular complexity index is 1360. The van der Waals surface area contributed by atoms with Gasteiger partial charge in [-0.1, -0.05) is 18.1 Å². The third-order valence-electron chi connectivity index (χ3n) is 5.92. The van der Waals surface area contributed by atoms with Crippen LogP contribution in [0, 0.1) is 5.82 Å². The Morgan fingerprint density at radius 2 is 2.12 bits per heavy atom. The maximum absolute atomic E-state index is 14.9. The molecule has 0 atom stereocenters. The summed E-state index contributed by atoms with van der Waals surface area (Å²) in [6, 6.07) is 5.43. The van der Waals surface area contributed by atoms with Crippen LogP contribution in [0.1, 0.15) is 25.5 Å². The zero-order valence-corrected chi connectivity index (χ0v) is 17.8. The molecule has 4 aromatic rings. The fraction of sp³-hybridized carbons (Fsp3) is 0.273. The van der Waals surface area contributed by atoms with E-state index in [2.05, 4.69) is 32.7 Å². The smallest absolute Gasteiger partial charge is 0.326 e. The number of rotatable bonds is 6. The number of anilines is 3. The molecule has 10 nitrogen and oxygen atoms in total. The van der Waals surface area contributed by atoms with Crippen LogP contribution in [0.4, 0.5) is 26.6 Å². The number of halogens is 1. The Hall–Kier alpha value is -3.99. The zero-order chi connectivity index (χ0) is 23.2. The van der Waals surface area contributed by atoms with Gasteiger partial charge in [-0.3, -0.25) is 5.32 Å². The Morgan fingerprint density at radius 1 is 1.30 bits per heavy atom. The molecule has 2 amide bonds. The average Bonchev–Trinajstić information content (AvgIpc) is 3.19. The number of hydrogen-bond donors (Lipinski definition) is 4. The van der Waals surface area contributed by atoms with Crippen LogP contribution in [0.25, 0.3) is 22.2 Å². The predicted molar refractivity (Wildman–Crippen MR) is 120 cm³/mol.